The van der Waals surface area contributed by atoms with E-state index in [-0.39, 0.29) is 11.8 Å². The van der Waals surface area contributed by atoms with Crippen LogP contribution in [0.1, 0.15) is 24.3 Å². The minimum Gasteiger partial charge on any atom is -0.352 e. The Morgan fingerprint density at radius 1 is 1.53 bits per heavy atom. The fourth-order valence-electron chi connectivity index (χ4n) is 2.08. The number of hydrogen-bond donors (Lipinski definition) is 1. The monoisotopic (exact) mass is 278 g/mol. The van der Waals surface area contributed by atoms with E-state index in [1.165, 1.54) is 0 Å². The molecule has 0 bridgehead atoms. The van der Waals surface area contributed by atoms with Crippen molar-refractivity contribution in [3.05, 3.63) is 28.0 Å². The molecule has 19 heavy (non-hydrogen) atoms. The largest absolute Gasteiger partial charge is 0.352 e. The first kappa shape index (κ1) is 13.8. The van der Waals surface area contributed by atoms with Crippen molar-refractivity contribution >= 4 is 29.2 Å². The number of amides is 2. The van der Waals surface area contributed by atoms with Gasteiger partial charge in [0, 0.05) is 24.0 Å². The molecule has 5 heteroatoms. The van der Waals surface area contributed by atoms with Gasteiger partial charge in [-0.3, -0.25) is 9.59 Å². The van der Waals surface area contributed by atoms with Crippen LogP contribution in [0.5, 0.6) is 0 Å². The molecular formula is C14H18N2O2S. The zero-order valence-corrected chi connectivity index (χ0v) is 12.2. The third-order valence-electron chi connectivity index (χ3n) is 3.40. The number of carbonyl (C=O) groups is 2. The fraction of sp³-hybridized carbons (Fsp3) is 0.429. The smallest absolute Gasteiger partial charge is 0.247 e. The molecule has 2 heterocycles. The zero-order valence-electron chi connectivity index (χ0n) is 11.4. The van der Waals surface area contributed by atoms with Crippen LogP contribution >= 0.6 is 11.3 Å². The Hall–Kier alpha value is -1.62. The Labute approximate surface area is 117 Å². The summed E-state index contributed by atoms with van der Waals surface area (Å²) < 4.78 is 0. The van der Waals surface area contributed by atoms with Crippen LogP contribution in [0.15, 0.2) is 17.5 Å². The summed E-state index contributed by atoms with van der Waals surface area (Å²) in [5.41, 5.74) is 0.370. The molecule has 0 aliphatic carbocycles. The molecule has 1 aliphatic rings. The minimum absolute atomic E-state index is 0.104. The van der Waals surface area contributed by atoms with E-state index >= 15 is 0 Å². The lowest BCUT2D eigenvalue weighted by Crippen LogP contribution is -2.63. The van der Waals surface area contributed by atoms with Gasteiger partial charge in [-0.05, 0) is 43.9 Å². The molecule has 4 nitrogen and oxygen atoms in total. The van der Waals surface area contributed by atoms with Gasteiger partial charge in [0.25, 0.3) is 0 Å². The number of aryl methyl sites for hydroxylation is 1. The summed E-state index contributed by atoms with van der Waals surface area (Å²) in [5, 5.41) is 4.78. The van der Waals surface area contributed by atoms with Crippen molar-refractivity contribution in [1.82, 2.24) is 10.2 Å². The molecule has 2 amide bonds. The van der Waals surface area contributed by atoms with Crippen LogP contribution in [0.2, 0.25) is 0 Å². The summed E-state index contributed by atoms with van der Waals surface area (Å²) in [6.07, 6.45) is 3.38. The highest BCUT2D eigenvalue weighted by Gasteiger charge is 2.39. The van der Waals surface area contributed by atoms with Crippen LogP contribution in [-0.4, -0.2) is 35.3 Å². The standard InChI is InChI=1S/C14H18N2O2S/c1-10-6-9-19-11(10)4-5-12(17)16-8-7-15-13(18)14(16,2)3/h4-6,9H,7-8H2,1-3H3,(H,15,18)/b5-4+. The van der Waals surface area contributed by atoms with Crippen LogP contribution in [0.4, 0.5) is 0 Å². The van der Waals surface area contributed by atoms with Gasteiger partial charge in [-0.2, -0.15) is 0 Å². The van der Waals surface area contributed by atoms with E-state index < -0.39 is 5.54 Å². The summed E-state index contributed by atoms with van der Waals surface area (Å²) in [7, 11) is 0. The van der Waals surface area contributed by atoms with Crippen molar-refractivity contribution in [2.75, 3.05) is 13.1 Å². The number of hydrogen-bond acceptors (Lipinski definition) is 3. The molecule has 0 radical (unpaired) electrons. The predicted molar refractivity (Wildman–Crippen MR) is 76.9 cm³/mol. The first-order valence-corrected chi connectivity index (χ1v) is 7.13. The van der Waals surface area contributed by atoms with Crippen molar-refractivity contribution in [2.24, 2.45) is 0 Å². The Kier molecular flexibility index (Phi) is 3.75. The zero-order chi connectivity index (χ0) is 14.0. The second-order valence-corrected chi connectivity index (χ2v) is 6.05. The number of nitrogens with one attached hydrogen (secondary N) is 1. The van der Waals surface area contributed by atoms with Crippen LogP contribution in [0, 0.1) is 6.92 Å². The van der Waals surface area contributed by atoms with Crippen LogP contribution in [0.25, 0.3) is 6.08 Å². The first-order chi connectivity index (χ1) is 8.93. The summed E-state index contributed by atoms with van der Waals surface area (Å²) in [6.45, 7) is 6.61. The molecule has 0 atom stereocenters. The molecule has 0 spiro atoms. The molecule has 1 aromatic heterocycles. The van der Waals surface area contributed by atoms with E-state index in [0.717, 1.165) is 10.4 Å². The lowest BCUT2D eigenvalue weighted by Gasteiger charge is -2.40. The summed E-state index contributed by atoms with van der Waals surface area (Å²) >= 11 is 1.60. The van der Waals surface area contributed by atoms with Crippen molar-refractivity contribution in [1.29, 1.82) is 0 Å². The topological polar surface area (TPSA) is 49.4 Å². The Morgan fingerprint density at radius 2 is 2.26 bits per heavy atom. The molecule has 1 aliphatic heterocycles. The molecule has 0 aromatic carbocycles. The molecular weight excluding hydrogens is 260 g/mol. The fourth-order valence-corrected chi connectivity index (χ4v) is 2.90. The van der Waals surface area contributed by atoms with E-state index in [0.29, 0.717) is 13.1 Å². The van der Waals surface area contributed by atoms with Crippen LogP contribution < -0.4 is 5.32 Å². The summed E-state index contributed by atoms with van der Waals surface area (Å²) in [6, 6.07) is 2.02. The second kappa shape index (κ2) is 5.17. The normalized spacial score (nSPS) is 18.7. The van der Waals surface area contributed by atoms with Gasteiger partial charge in [-0.15, -0.1) is 11.3 Å². The molecule has 0 saturated carbocycles. The first-order valence-electron chi connectivity index (χ1n) is 6.25. The van der Waals surface area contributed by atoms with Crippen LogP contribution in [-0.2, 0) is 9.59 Å². The number of nitrogens with zero attached hydrogens (tertiary/aromatic N) is 1. The highest BCUT2D eigenvalue weighted by Crippen LogP contribution is 2.20. The van der Waals surface area contributed by atoms with E-state index in [1.54, 1.807) is 36.2 Å². The maximum atomic E-state index is 12.2. The number of piperazine rings is 1. The molecule has 102 valence electrons. The predicted octanol–water partition coefficient (Wildman–Crippen LogP) is 1.81. The molecule has 1 fully saturated rings. The van der Waals surface area contributed by atoms with E-state index in [2.05, 4.69) is 5.32 Å². The minimum atomic E-state index is -0.788. The highest BCUT2D eigenvalue weighted by atomic mass is 32.1. The Balaban J connectivity index is 2.14. The third-order valence-corrected chi connectivity index (χ3v) is 4.38. The Morgan fingerprint density at radius 3 is 2.89 bits per heavy atom. The molecule has 1 N–H and O–H groups in total. The highest BCUT2D eigenvalue weighted by molar-refractivity contribution is 7.11. The SMILES string of the molecule is Cc1ccsc1/C=C/C(=O)N1CCNC(=O)C1(C)C. The van der Waals surface area contributed by atoms with Crippen molar-refractivity contribution in [2.45, 2.75) is 26.3 Å². The van der Waals surface area contributed by atoms with Crippen LogP contribution in [0.3, 0.4) is 0 Å². The van der Waals surface area contributed by atoms with Gasteiger partial charge in [0.05, 0.1) is 0 Å². The van der Waals surface area contributed by atoms with Crippen molar-refractivity contribution < 1.29 is 9.59 Å². The van der Waals surface area contributed by atoms with E-state index in [1.807, 2.05) is 24.4 Å². The Bertz CT molecular complexity index is 531. The van der Waals surface area contributed by atoms with Gasteiger partial charge in [0.1, 0.15) is 5.54 Å². The summed E-state index contributed by atoms with van der Waals surface area (Å²) in [5.74, 6) is -0.222. The van der Waals surface area contributed by atoms with E-state index in [9.17, 15) is 9.59 Å². The maximum absolute atomic E-state index is 12.2. The second-order valence-electron chi connectivity index (χ2n) is 5.11. The average Bonchev–Trinajstić information content (AvgIpc) is 2.75. The number of thiophene rings is 1. The molecule has 1 aromatic rings. The number of rotatable bonds is 2. The number of carbonyl (C=O) groups excluding carboxylic acids is 2. The van der Waals surface area contributed by atoms with Gasteiger partial charge in [-0.25, -0.2) is 0 Å². The van der Waals surface area contributed by atoms with Gasteiger partial charge in [0.2, 0.25) is 11.8 Å². The van der Waals surface area contributed by atoms with Gasteiger partial charge in [-0.1, -0.05) is 0 Å². The maximum Gasteiger partial charge on any atom is 0.247 e. The summed E-state index contributed by atoms with van der Waals surface area (Å²) in [4.78, 5) is 26.7. The van der Waals surface area contributed by atoms with Crippen molar-refractivity contribution in [3.63, 3.8) is 0 Å². The third kappa shape index (κ3) is 2.71. The average molecular weight is 278 g/mol. The van der Waals surface area contributed by atoms with Gasteiger partial charge < -0.3 is 10.2 Å². The van der Waals surface area contributed by atoms with Gasteiger partial charge >= 0.3 is 0 Å². The quantitative estimate of drug-likeness (QED) is 0.839. The van der Waals surface area contributed by atoms with E-state index in [4.69, 9.17) is 0 Å². The van der Waals surface area contributed by atoms with Gasteiger partial charge in [0.15, 0.2) is 0 Å². The van der Waals surface area contributed by atoms with Crippen molar-refractivity contribution in [3.8, 4) is 0 Å². The molecule has 0 unspecified atom stereocenters. The molecule has 2 rings (SSSR count). The molecule has 1 saturated heterocycles. The lowest BCUT2D eigenvalue weighted by atomic mass is 9.99. The lowest BCUT2D eigenvalue weighted by molar-refractivity contribution is -0.146.